The minimum Gasteiger partial charge on any atom is -0.379 e. The SMILES string of the molecule is CNC(=O)c1ccc(NCC2CCN(C(=O)C(F)(F)F)CC2)c([N+](=O)[O-])c1. The molecule has 1 heterocycles. The molecule has 2 rings (SSSR count). The molecule has 0 radical (unpaired) electrons. The number of nitrogens with zero attached hydrogens (tertiary/aromatic N) is 2. The van der Waals surface area contributed by atoms with Crippen LogP contribution in [0, 0.1) is 16.0 Å². The lowest BCUT2D eigenvalue weighted by Crippen LogP contribution is -2.46. The van der Waals surface area contributed by atoms with Crippen LogP contribution in [-0.2, 0) is 4.79 Å². The Morgan fingerprint density at radius 2 is 1.93 bits per heavy atom. The summed E-state index contributed by atoms with van der Waals surface area (Å²) in [5, 5.41) is 16.5. The number of alkyl halides is 3. The van der Waals surface area contributed by atoms with Crippen molar-refractivity contribution in [2.45, 2.75) is 19.0 Å². The minimum absolute atomic E-state index is 0.0115. The summed E-state index contributed by atoms with van der Waals surface area (Å²) >= 11 is 0. The first kappa shape index (κ1) is 20.5. The Morgan fingerprint density at radius 1 is 1.30 bits per heavy atom. The van der Waals surface area contributed by atoms with Crippen molar-refractivity contribution in [1.29, 1.82) is 0 Å². The number of benzene rings is 1. The Hall–Kier alpha value is -2.85. The third-order valence-corrected chi connectivity index (χ3v) is 4.41. The first-order chi connectivity index (χ1) is 12.6. The van der Waals surface area contributed by atoms with E-state index in [0.29, 0.717) is 19.4 Å². The number of carbonyl (C=O) groups is 2. The number of halogens is 3. The first-order valence-electron chi connectivity index (χ1n) is 8.24. The molecule has 1 saturated heterocycles. The fourth-order valence-corrected chi connectivity index (χ4v) is 2.89. The topological polar surface area (TPSA) is 105 Å². The molecule has 0 unspecified atom stereocenters. The number of carbonyl (C=O) groups excluding carboxylic acids is 2. The Balaban J connectivity index is 1.97. The lowest BCUT2D eigenvalue weighted by molar-refractivity contribution is -0.384. The van der Waals surface area contributed by atoms with E-state index < -0.39 is 22.9 Å². The van der Waals surface area contributed by atoms with Crippen LogP contribution in [-0.4, -0.2) is 54.5 Å². The van der Waals surface area contributed by atoms with Gasteiger partial charge in [-0.05, 0) is 30.9 Å². The third-order valence-electron chi connectivity index (χ3n) is 4.41. The largest absolute Gasteiger partial charge is 0.471 e. The number of piperidine rings is 1. The molecule has 0 bridgehead atoms. The van der Waals surface area contributed by atoms with Gasteiger partial charge in [-0.25, -0.2) is 0 Å². The van der Waals surface area contributed by atoms with Crippen LogP contribution >= 0.6 is 0 Å². The molecular weight excluding hydrogens is 369 g/mol. The van der Waals surface area contributed by atoms with E-state index in [0.717, 1.165) is 11.0 Å². The molecule has 11 heteroatoms. The minimum atomic E-state index is -4.88. The number of likely N-dealkylation sites (tertiary alicyclic amines) is 1. The quantitative estimate of drug-likeness (QED) is 0.594. The molecular formula is C16H19F3N4O4. The van der Waals surface area contributed by atoms with Crippen molar-refractivity contribution >= 4 is 23.2 Å². The van der Waals surface area contributed by atoms with E-state index in [1.54, 1.807) is 0 Å². The number of anilines is 1. The van der Waals surface area contributed by atoms with E-state index in [2.05, 4.69) is 10.6 Å². The van der Waals surface area contributed by atoms with Crippen LogP contribution in [0.15, 0.2) is 18.2 Å². The number of hydrogen-bond donors (Lipinski definition) is 2. The monoisotopic (exact) mass is 388 g/mol. The zero-order valence-corrected chi connectivity index (χ0v) is 14.5. The van der Waals surface area contributed by atoms with E-state index in [4.69, 9.17) is 0 Å². The number of amides is 2. The van der Waals surface area contributed by atoms with E-state index in [1.165, 1.54) is 19.2 Å². The highest BCUT2D eigenvalue weighted by molar-refractivity contribution is 5.95. The van der Waals surface area contributed by atoms with Crippen LogP contribution in [0.3, 0.4) is 0 Å². The molecule has 2 N–H and O–H groups in total. The molecule has 27 heavy (non-hydrogen) atoms. The van der Waals surface area contributed by atoms with Gasteiger partial charge >= 0.3 is 12.1 Å². The highest BCUT2D eigenvalue weighted by Gasteiger charge is 2.43. The number of hydrogen-bond acceptors (Lipinski definition) is 5. The maximum atomic E-state index is 12.4. The Morgan fingerprint density at radius 3 is 2.44 bits per heavy atom. The molecule has 0 spiro atoms. The van der Waals surface area contributed by atoms with Gasteiger partial charge in [0.05, 0.1) is 4.92 Å². The van der Waals surface area contributed by atoms with Crippen molar-refractivity contribution in [2.75, 3.05) is 32.0 Å². The van der Waals surface area contributed by atoms with Crippen molar-refractivity contribution in [3.8, 4) is 0 Å². The molecule has 8 nitrogen and oxygen atoms in total. The average molecular weight is 388 g/mol. The van der Waals surface area contributed by atoms with Gasteiger partial charge in [-0.2, -0.15) is 13.2 Å². The van der Waals surface area contributed by atoms with Crippen molar-refractivity contribution in [3.05, 3.63) is 33.9 Å². The second-order valence-corrected chi connectivity index (χ2v) is 6.18. The van der Waals surface area contributed by atoms with Crippen molar-refractivity contribution in [1.82, 2.24) is 10.2 Å². The normalized spacial score (nSPS) is 15.3. The zero-order chi connectivity index (χ0) is 20.2. The maximum absolute atomic E-state index is 12.4. The zero-order valence-electron chi connectivity index (χ0n) is 14.5. The van der Waals surface area contributed by atoms with Crippen LogP contribution < -0.4 is 10.6 Å². The van der Waals surface area contributed by atoms with E-state index in [9.17, 15) is 32.9 Å². The second kappa shape index (κ2) is 8.23. The van der Waals surface area contributed by atoms with Gasteiger partial charge in [-0.1, -0.05) is 0 Å². The van der Waals surface area contributed by atoms with Crippen LogP contribution in [0.5, 0.6) is 0 Å². The molecule has 1 fully saturated rings. The summed E-state index contributed by atoms with van der Waals surface area (Å²) < 4.78 is 37.3. The fourth-order valence-electron chi connectivity index (χ4n) is 2.89. The van der Waals surface area contributed by atoms with Crippen molar-refractivity contribution < 1.29 is 27.7 Å². The summed E-state index contributed by atoms with van der Waals surface area (Å²) in [5.74, 6) is -2.32. The molecule has 1 aromatic carbocycles. The predicted molar refractivity (Wildman–Crippen MR) is 90.3 cm³/mol. The molecule has 1 aliphatic heterocycles. The number of nitrogens with one attached hydrogen (secondary N) is 2. The summed E-state index contributed by atoms with van der Waals surface area (Å²) in [6.07, 6.45) is -4.16. The van der Waals surface area contributed by atoms with Gasteiger partial charge in [-0.15, -0.1) is 0 Å². The van der Waals surface area contributed by atoms with Gasteiger partial charge in [-0.3, -0.25) is 19.7 Å². The van der Waals surface area contributed by atoms with Gasteiger partial charge in [0.15, 0.2) is 0 Å². The maximum Gasteiger partial charge on any atom is 0.471 e. The van der Waals surface area contributed by atoms with E-state index >= 15 is 0 Å². The molecule has 0 aromatic heterocycles. The summed E-state index contributed by atoms with van der Waals surface area (Å²) in [7, 11) is 1.41. The molecule has 0 aliphatic carbocycles. The molecule has 2 amide bonds. The summed E-state index contributed by atoms with van der Waals surface area (Å²) in [4.78, 5) is 34.2. The van der Waals surface area contributed by atoms with Gasteiger partial charge in [0.25, 0.3) is 11.6 Å². The first-order valence-corrected chi connectivity index (χ1v) is 8.24. The summed E-state index contributed by atoms with van der Waals surface area (Å²) in [6, 6.07) is 4.02. The van der Waals surface area contributed by atoms with Crippen LogP contribution in [0.2, 0.25) is 0 Å². The van der Waals surface area contributed by atoms with Gasteiger partial charge in [0, 0.05) is 38.3 Å². The average Bonchev–Trinajstić information content (AvgIpc) is 2.64. The second-order valence-electron chi connectivity index (χ2n) is 6.18. The lowest BCUT2D eigenvalue weighted by atomic mass is 9.96. The van der Waals surface area contributed by atoms with E-state index in [-0.39, 0.29) is 35.9 Å². The Bertz CT molecular complexity index is 731. The van der Waals surface area contributed by atoms with Crippen molar-refractivity contribution in [3.63, 3.8) is 0 Å². The number of rotatable bonds is 5. The number of nitro groups is 1. The highest BCUT2D eigenvalue weighted by atomic mass is 19.4. The summed E-state index contributed by atoms with van der Waals surface area (Å²) in [5.41, 5.74) is 0.107. The molecule has 1 aromatic rings. The van der Waals surface area contributed by atoms with Gasteiger partial charge in [0.1, 0.15) is 5.69 Å². The molecule has 0 atom stereocenters. The standard InChI is InChI=1S/C16H19F3N4O4/c1-20-14(24)11-2-3-12(13(8-11)23(26)27)21-9-10-4-6-22(7-5-10)15(25)16(17,18)19/h2-3,8,10,21H,4-7,9H2,1H3,(H,20,24). The molecule has 1 aliphatic rings. The fraction of sp³-hybridized carbons (Fsp3) is 0.500. The van der Waals surface area contributed by atoms with Gasteiger partial charge in [0.2, 0.25) is 0 Å². The number of nitro benzene ring substituents is 1. The lowest BCUT2D eigenvalue weighted by Gasteiger charge is -2.32. The van der Waals surface area contributed by atoms with Crippen molar-refractivity contribution in [2.24, 2.45) is 5.92 Å². The highest BCUT2D eigenvalue weighted by Crippen LogP contribution is 2.28. The third kappa shape index (κ3) is 5.08. The Labute approximate surface area is 152 Å². The predicted octanol–water partition coefficient (Wildman–Crippen LogP) is 2.17. The molecule has 148 valence electrons. The smallest absolute Gasteiger partial charge is 0.379 e. The van der Waals surface area contributed by atoms with Crippen LogP contribution in [0.25, 0.3) is 0 Å². The summed E-state index contributed by atoms with van der Waals surface area (Å²) in [6.45, 7) is 0.291. The molecule has 0 saturated carbocycles. The van der Waals surface area contributed by atoms with Gasteiger partial charge < -0.3 is 15.5 Å². The Kier molecular flexibility index (Phi) is 6.24. The van der Waals surface area contributed by atoms with E-state index in [1.807, 2.05) is 0 Å². The van der Waals surface area contributed by atoms with Crippen LogP contribution in [0.1, 0.15) is 23.2 Å². The van der Waals surface area contributed by atoms with Crippen LogP contribution in [0.4, 0.5) is 24.5 Å².